The van der Waals surface area contributed by atoms with Crippen molar-refractivity contribution >= 4 is 18.2 Å². The van der Waals surface area contributed by atoms with Crippen molar-refractivity contribution in [2.45, 2.75) is 39.0 Å². The maximum absolute atomic E-state index is 5.75. The average Bonchev–Trinajstić information content (AvgIpc) is 2.79. The fourth-order valence-electron chi connectivity index (χ4n) is 2.19. The summed E-state index contributed by atoms with van der Waals surface area (Å²) in [6, 6.07) is 6.09. The van der Waals surface area contributed by atoms with Crippen LogP contribution in [-0.4, -0.2) is 16.1 Å². The molecule has 0 spiro atoms. The van der Waals surface area contributed by atoms with Crippen LogP contribution in [0.4, 0.5) is 0 Å². The normalized spacial score (nSPS) is 13.9. The van der Waals surface area contributed by atoms with E-state index in [-0.39, 0.29) is 4.75 Å². The Labute approximate surface area is 128 Å². The molecule has 1 aromatic carbocycles. The van der Waals surface area contributed by atoms with Crippen LogP contribution in [0, 0.1) is 6.92 Å². The Hall–Kier alpha value is -1.75. The molecular formula is C16H18N2O2S. The van der Waals surface area contributed by atoms with Crippen molar-refractivity contribution in [1.82, 2.24) is 5.16 Å². The van der Waals surface area contributed by atoms with Crippen molar-refractivity contribution in [3.8, 4) is 16.9 Å². The van der Waals surface area contributed by atoms with Gasteiger partial charge in [-0.2, -0.15) is 0 Å². The topological polar surface area (TPSA) is 47.6 Å². The van der Waals surface area contributed by atoms with Gasteiger partial charge >= 0.3 is 0 Å². The minimum atomic E-state index is 0.121. The lowest BCUT2D eigenvalue weighted by atomic mass is 9.99. The van der Waals surface area contributed by atoms with Gasteiger partial charge in [-0.25, -0.2) is 4.40 Å². The number of aryl methyl sites for hydroxylation is 1. The van der Waals surface area contributed by atoms with E-state index in [1.54, 1.807) is 11.9 Å². The summed E-state index contributed by atoms with van der Waals surface area (Å²) in [5.74, 6) is 1.66. The highest BCUT2D eigenvalue weighted by Crippen LogP contribution is 2.39. The molecule has 1 aliphatic heterocycles. The molecule has 1 aromatic heterocycles. The summed E-state index contributed by atoms with van der Waals surface area (Å²) >= 11 is 1.56. The molecule has 0 bridgehead atoms. The number of hydrogen-bond donors (Lipinski definition) is 0. The SMILES string of the molecule is Cc1noc2c1-c1ccc(C=NSC(C)(C)C)cc1OC2. The van der Waals surface area contributed by atoms with Gasteiger partial charge < -0.3 is 9.26 Å². The predicted octanol–water partition coefficient (Wildman–Crippen LogP) is 4.41. The smallest absolute Gasteiger partial charge is 0.182 e. The third-order valence-electron chi connectivity index (χ3n) is 3.10. The van der Waals surface area contributed by atoms with E-state index in [9.17, 15) is 0 Å². The van der Waals surface area contributed by atoms with Gasteiger partial charge in [0.15, 0.2) is 5.76 Å². The first kappa shape index (κ1) is 14.2. The summed E-state index contributed by atoms with van der Waals surface area (Å²) in [5.41, 5.74) is 4.03. The molecule has 0 amide bonds. The monoisotopic (exact) mass is 302 g/mol. The van der Waals surface area contributed by atoms with Gasteiger partial charge in [0.05, 0.1) is 11.3 Å². The van der Waals surface area contributed by atoms with Crippen LogP contribution < -0.4 is 4.74 Å². The van der Waals surface area contributed by atoms with Gasteiger partial charge in [0, 0.05) is 16.5 Å². The molecule has 5 heteroatoms. The zero-order valence-corrected chi connectivity index (χ0v) is 13.5. The minimum absolute atomic E-state index is 0.121. The van der Waals surface area contributed by atoms with Gasteiger partial charge in [-0.3, -0.25) is 0 Å². The second-order valence-corrected chi connectivity index (χ2v) is 7.67. The Kier molecular flexibility index (Phi) is 3.53. The molecule has 110 valence electrons. The second-order valence-electron chi connectivity index (χ2n) is 6.05. The molecule has 21 heavy (non-hydrogen) atoms. The largest absolute Gasteiger partial charge is 0.485 e. The summed E-state index contributed by atoms with van der Waals surface area (Å²) in [5, 5.41) is 4.01. The third kappa shape index (κ3) is 2.97. The summed E-state index contributed by atoms with van der Waals surface area (Å²) in [6.07, 6.45) is 1.87. The van der Waals surface area contributed by atoms with E-state index >= 15 is 0 Å². The highest BCUT2D eigenvalue weighted by Gasteiger charge is 2.23. The fraction of sp³-hybridized carbons (Fsp3) is 0.375. The van der Waals surface area contributed by atoms with Gasteiger partial charge in [0.2, 0.25) is 0 Å². The van der Waals surface area contributed by atoms with E-state index in [4.69, 9.17) is 9.26 Å². The first-order valence-electron chi connectivity index (χ1n) is 6.88. The Morgan fingerprint density at radius 2 is 2.14 bits per heavy atom. The molecule has 3 rings (SSSR count). The maximum Gasteiger partial charge on any atom is 0.182 e. The first-order valence-corrected chi connectivity index (χ1v) is 7.65. The zero-order valence-electron chi connectivity index (χ0n) is 12.6. The number of ether oxygens (including phenoxy) is 1. The molecule has 2 aromatic rings. The Morgan fingerprint density at radius 3 is 2.90 bits per heavy atom. The van der Waals surface area contributed by atoms with Crippen LogP contribution >= 0.6 is 11.9 Å². The molecule has 0 atom stereocenters. The van der Waals surface area contributed by atoms with Crippen LogP contribution in [0.3, 0.4) is 0 Å². The molecule has 0 saturated carbocycles. The molecule has 0 aliphatic carbocycles. The third-order valence-corrected chi connectivity index (χ3v) is 3.85. The fourth-order valence-corrected chi connectivity index (χ4v) is 2.68. The standard InChI is InChI=1S/C16H18N2O2S/c1-10-15-12-6-5-11(8-17-21-16(2,3)4)7-13(12)19-9-14(15)20-18-10/h5-8H,9H2,1-4H3. The molecule has 0 unspecified atom stereocenters. The van der Waals surface area contributed by atoms with Crippen molar-refractivity contribution in [3.05, 3.63) is 35.2 Å². The number of nitrogens with zero attached hydrogens (tertiary/aromatic N) is 2. The van der Waals surface area contributed by atoms with E-state index in [1.807, 2.05) is 31.3 Å². The summed E-state index contributed by atoms with van der Waals surface area (Å²) in [4.78, 5) is 0. The molecule has 4 nitrogen and oxygen atoms in total. The van der Waals surface area contributed by atoms with Crippen LogP contribution in [0.15, 0.2) is 27.1 Å². The second kappa shape index (κ2) is 5.22. The molecule has 0 N–H and O–H groups in total. The minimum Gasteiger partial charge on any atom is -0.485 e. The number of rotatable bonds is 2. The van der Waals surface area contributed by atoms with Crippen LogP contribution in [0.25, 0.3) is 11.1 Å². The Balaban J connectivity index is 1.89. The summed E-state index contributed by atoms with van der Waals surface area (Å²) in [7, 11) is 0. The van der Waals surface area contributed by atoms with Gasteiger partial charge in [-0.05, 0) is 57.3 Å². The van der Waals surface area contributed by atoms with Gasteiger partial charge in [0.25, 0.3) is 0 Å². The summed E-state index contributed by atoms with van der Waals surface area (Å²) < 4.78 is 15.6. The van der Waals surface area contributed by atoms with Crippen molar-refractivity contribution < 1.29 is 9.26 Å². The molecule has 1 aliphatic rings. The van der Waals surface area contributed by atoms with Gasteiger partial charge in [-0.15, -0.1) is 0 Å². The van der Waals surface area contributed by atoms with Crippen LogP contribution in [0.2, 0.25) is 0 Å². The highest BCUT2D eigenvalue weighted by molar-refractivity contribution is 7.99. The molecule has 0 saturated heterocycles. The van der Waals surface area contributed by atoms with Crippen molar-refractivity contribution in [3.63, 3.8) is 0 Å². The zero-order chi connectivity index (χ0) is 15.0. The molecule has 2 heterocycles. The number of aromatic nitrogens is 1. The van der Waals surface area contributed by atoms with Crippen LogP contribution in [-0.2, 0) is 6.61 Å². The quantitative estimate of drug-likeness (QED) is 0.609. The Bertz CT molecular complexity index is 699. The molecule has 0 fully saturated rings. The number of benzene rings is 1. The van der Waals surface area contributed by atoms with Gasteiger partial charge in [0.1, 0.15) is 12.4 Å². The molecular weight excluding hydrogens is 284 g/mol. The number of hydrogen-bond acceptors (Lipinski definition) is 5. The van der Waals surface area contributed by atoms with E-state index in [0.29, 0.717) is 6.61 Å². The lowest BCUT2D eigenvalue weighted by Crippen LogP contribution is -2.05. The maximum atomic E-state index is 5.75. The highest BCUT2D eigenvalue weighted by atomic mass is 32.2. The van der Waals surface area contributed by atoms with Crippen LogP contribution in [0.5, 0.6) is 5.75 Å². The lowest BCUT2D eigenvalue weighted by Gasteiger charge is -2.17. The van der Waals surface area contributed by atoms with Crippen molar-refractivity contribution in [1.29, 1.82) is 0 Å². The van der Waals surface area contributed by atoms with E-state index in [2.05, 4.69) is 30.3 Å². The van der Waals surface area contributed by atoms with E-state index in [1.165, 1.54) is 0 Å². The predicted molar refractivity (Wildman–Crippen MR) is 85.9 cm³/mol. The summed E-state index contributed by atoms with van der Waals surface area (Å²) in [6.45, 7) is 8.80. The molecule has 0 radical (unpaired) electrons. The lowest BCUT2D eigenvalue weighted by molar-refractivity contribution is 0.245. The Morgan fingerprint density at radius 1 is 1.33 bits per heavy atom. The number of fused-ring (bicyclic) bond motifs is 3. The van der Waals surface area contributed by atoms with Crippen LogP contribution in [0.1, 0.15) is 37.8 Å². The van der Waals surface area contributed by atoms with E-state index in [0.717, 1.165) is 33.9 Å². The van der Waals surface area contributed by atoms with Crippen molar-refractivity contribution in [2.75, 3.05) is 0 Å². The van der Waals surface area contributed by atoms with Crippen molar-refractivity contribution in [2.24, 2.45) is 4.40 Å². The first-order chi connectivity index (χ1) is 9.94. The van der Waals surface area contributed by atoms with E-state index < -0.39 is 0 Å². The average molecular weight is 302 g/mol. The van der Waals surface area contributed by atoms with Gasteiger partial charge in [-0.1, -0.05) is 11.2 Å².